The number of carbonyl (C=O) groups is 3. The van der Waals surface area contributed by atoms with E-state index < -0.39 is 5.97 Å². The predicted octanol–water partition coefficient (Wildman–Crippen LogP) is 2.43. The van der Waals surface area contributed by atoms with Crippen molar-refractivity contribution in [3.8, 4) is 5.75 Å². The van der Waals surface area contributed by atoms with Crippen molar-refractivity contribution in [3.63, 3.8) is 0 Å². The van der Waals surface area contributed by atoms with E-state index in [1.807, 2.05) is 0 Å². The molecule has 146 valence electrons. The predicted molar refractivity (Wildman–Crippen MR) is 103 cm³/mol. The Kier molecular flexibility index (Phi) is 5.93. The lowest BCUT2D eigenvalue weighted by atomic mass is 10.0. The molecule has 1 fully saturated rings. The zero-order valence-corrected chi connectivity index (χ0v) is 15.6. The number of hydrogen-bond donors (Lipinski definition) is 2. The molecule has 0 spiro atoms. The van der Waals surface area contributed by atoms with Crippen molar-refractivity contribution in [3.05, 3.63) is 65.2 Å². The Bertz CT molecular complexity index is 888. The molecule has 2 aromatic carbocycles. The van der Waals surface area contributed by atoms with Crippen LogP contribution in [-0.4, -0.2) is 54.0 Å². The number of carboxylic acids is 1. The van der Waals surface area contributed by atoms with Gasteiger partial charge in [-0.15, -0.1) is 0 Å². The molecule has 1 aliphatic rings. The molecule has 1 heterocycles. The second-order valence-electron chi connectivity index (χ2n) is 6.59. The first-order valence-electron chi connectivity index (χ1n) is 9.06. The molecule has 2 N–H and O–H groups in total. The number of likely N-dealkylation sites (tertiary alicyclic amines) is 1. The number of carboxylic acid groups (broad SMARTS) is 1. The van der Waals surface area contributed by atoms with Gasteiger partial charge in [-0.25, -0.2) is 4.79 Å². The van der Waals surface area contributed by atoms with Gasteiger partial charge in [0.25, 0.3) is 11.8 Å². The van der Waals surface area contributed by atoms with Gasteiger partial charge in [0.1, 0.15) is 5.75 Å². The Balaban J connectivity index is 1.61. The fourth-order valence-electron chi connectivity index (χ4n) is 3.35. The highest BCUT2D eigenvalue weighted by molar-refractivity contribution is 6.04. The number of nitrogens with one attached hydrogen (secondary N) is 1. The quantitative estimate of drug-likeness (QED) is 0.828. The van der Waals surface area contributed by atoms with Gasteiger partial charge in [-0.05, 0) is 37.1 Å². The van der Waals surface area contributed by atoms with Crippen LogP contribution in [0, 0.1) is 0 Å². The summed E-state index contributed by atoms with van der Waals surface area (Å²) >= 11 is 0. The topological polar surface area (TPSA) is 95.9 Å². The van der Waals surface area contributed by atoms with Crippen molar-refractivity contribution < 1.29 is 24.2 Å². The molecule has 0 aromatic heterocycles. The highest BCUT2D eigenvalue weighted by Gasteiger charge is 2.27. The monoisotopic (exact) mass is 382 g/mol. The Hall–Kier alpha value is -3.35. The van der Waals surface area contributed by atoms with Crippen molar-refractivity contribution >= 4 is 17.8 Å². The molecule has 2 aromatic rings. The zero-order chi connectivity index (χ0) is 20.1. The van der Waals surface area contributed by atoms with Crippen molar-refractivity contribution in [2.24, 2.45) is 0 Å². The van der Waals surface area contributed by atoms with Crippen LogP contribution >= 0.6 is 0 Å². The maximum Gasteiger partial charge on any atom is 0.336 e. The molecule has 7 heteroatoms. The molecule has 0 radical (unpaired) electrons. The summed E-state index contributed by atoms with van der Waals surface area (Å²) in [7, 11) is 1.52. The molecular weight excluding hydrogens is 360 g/mol. The maximum atomic E-state index is 12.7. The molecule has 0 aliphatic carbocycles. The summed E-state index contributed by atoms with van der Waals surface area (Å²) < 4.78 is 5.22. The number of rotatable bonds is 5. The third-order valence-corrected chi connectivity index (χ3v) is 4.86. The van der Waals surface area contributed by atoms with Crippen LogP contribution in [0.15, 0.2) is 48.5 Å². The Morgan fingerprint density at radius 1 is 0.964 bits per heavy atom. The molecule has 1 saturated heterocycles. The van der Waals surface area contributed by atoms with Gasteiger partial charge in [-0.3, -0.25) is 9.59 Å². The number of aromatic carboxylic acids is 1. The summed E-state index contributed by atoms with van der Waals surface area (Å²) in [5, 5.41) is 12.3. The average molecular weight is 382 g/mol. The van der Waals surface area contributed by atoms with Crippen molar-refractivity contribution in [1.82, 2.24) is 10.2 Å². The minimum Gasteiger partial charge on any atom is -0.496 e. The van der Waals surface area contributed by atoms with Gasteiger partial charge in [0.05, 0.1) is 23.8 Å². The van der Waals surface area contributed by atoms with Gasteiger partial charge >= 0.3 is 5.97 Å². The number of para-hydroxylation sites is 1. The average Bonchev–Trinajstić information content (AvgIpc) is 2.73. The molecule has 3 rings (SSSR count). The summed E-state index contributed by atoms with van der Waals surface area (Å²) in [5.41, 5.74) is 0.657. The van der Waals surface area contributed by atoms with E-state index in [0.717, 1.165) is 0 Å². The van der Waals surface area contributed by atoms with Crippen molar-refractivity contribution in [1.29, 1.82) is 0 Å². The van der Waals surface area contributed by atoms with E-state index in [9.17, 15) is 19.5 Å². The summed E-state index contributed by atoms with van der Waals surface area (Å²) in [6.45, 7) is 0.896. The molecule has 7 nitrogen and oxygen atoms in total. The van der Waals surface area contributed by atoms with Crippen LogP contribution in [0.4, 0.5) is 0 Å². The lowest BCUT2D eigenvalue weighted by Gasteiger charge is -2.32. The Labute approximate surface area is 162 Å². The fourth-order valence-corrected chi connectivity index (χ4v) is 3.35. The van der Waals surface area contributed by atoms with Crippen LogP contribution in [0.5, 0.6) is 5.75 Å². The third-order valence-electron chi connectivity index (χ3n) is 4.86. The van der Waals surface area contributed by atoms with E-state index in [1.54, 1.807) is 41.3 Å². The summed E-state index contributed by atoms with van der Waals surface area (Å²) in [4.78, 5) is 38.2. The van der Waals surface area contributed by atoms with Crippen LogP contribution < -0.4 is 10.1 Å². The molecule has 28 heavy (non-hydrogen) atoms. The molecule has 0 unspecified atom stereocenters. The second-order valence-corrected chi connectivity index (χ2v) is 6.59. The highest BCUT2D eigenvalue weighted by atomic mass is 16.5. The van der Waals surface area contributed by atoms with Crippen molar-refractivity contribution in [2.75, 3.05) is 20.2 Å². The Morgan fingerprint density at radius 3 is 2.14 bits per heavy atom. The molecule has 0 saturated carbocycles. The number of carbonyl (C=O) groups excluding carboxylic acids is 2. The number of benzene rings is 2. The van der Waals surface area contributed by atoms with E-state index in [4.69, 9.17) is 4.74 Å². The SMILES string of the molecule is COc1ccccc1C(=O)NC1CCN(C(=O)c2ccccc2C(=O)O)CC1. The number of methoxy groups -OCH3 is 1. The lowest BCUT2D eigenvalue weighted by molar-refractivity contribution is 0.0654. The number of nitrogens with zero attached hydrogens (tertiary/aromatic N) is 1. The van der Waals surface area contributed by atoms with Gasteiger partial charge in [0.15, 0.2) is 0 Å². The molecule has 0 atom stereocenters. The van der Waals surface area contributed by atoms with E-state index in [2.05, 4.69) is 5.32 Å². The van der Waals surface area contributed by atoms with E-state index in [0.29, 0.717) is 37.2 Å². The molecule has 2 amide bonds. The van der Waals surface area contributed by atoms with Crippen LogP contribution in [0.25, 0.3) is 0 Å². The zero-order valence-electron chi connectivity index (χ0n) is 15.6. The first-order chi connectivity index (χ1) is 13.5. The van der Waals surface area contributed by atoms with Gasteiger partial charge < -0.3 is 20.1 Å². The lowest BCUT2D eigenvalue weighted by Crippen LogP contribution is -2.46. The number of ether oxygens (including phenoxy) is 1. The van der Waals surface area contributed by atoms with E-state index >= 15 is 0 Å². The van der Waals surface area contributed by atoms with Crippen LogP contribution in [0.3, 0.4) is 0 Å². The molecule has 0 bridgehead atoms. The van der Waals surface area contributed by atoms with Gasteiger partial charge in [-0.2, -0.15) is 0 Å². The maximum absolute atomic E-state index is 12.7. The molecular formula is C21H22N2O5. The minimum atomic E-state index is -1.12. The first-order valence-corrected chi connectivity index (χ1v) is 9.06. The van der Waals surface area contributed by atoms with Crippen molar-refractivity contribution in [2.45, 2.75) is 18.9 Å². The first kappa shape index (κ1) is 19.4. The number of amides is 2. The Morgan fingerprint density at radius 2 is 1.54 bits per heavy atom. The van der Waals surface area contributed by atoms with E-state index in [1.165, 1.54) is 19.2 Å². The number of hydrogen-bond acceptors (Lipinski definition) is 4. The summed E-state index contributed by atoms with van der Waals surface area (Å²) in [6.07, 6.45) is 1.20. The standard InChI is InChI=1S/C21H22N2O5/c1-28-18-9-5-4-8-17(18)19(24)22-14-10-12-23(13-11-14)20(25)15-6-2-3-7-16(15)21(26)27/h2-9,14H,10-13H2,1H3,(H,22,24)(H,26,27). The smallest absolute Gasteiger partial charge is 0.336 e. The summed E-state index contributed by atoms with van der Waals surface area (Å²) in [6, 6.07) is 13.2. The number of piperidine rings is 1. The second kappa shape index (κ2) is 8.56. The van der Waals surface area contributed by atoms with Gasteiger partial charge in [0.2, 0.25) is 0 Å². The van der Waals surface area contributed by atoms with E-state index in [-0.39, 0.29) is 29.0 Å². The van der Waals surface area contributed by atoms with Crippen LogP contribution in [0.1, 0.15) is 43.9 Å². The highest BCUT2D eigenvalue weighted by Crippen LogP contribution is 2.20. The minimum absolute atomic E-state index is 0.000834. The normalized spacial score (nSPS) is 14.4. The fraction of sp³-hybridized carbons (Fsp3) is 0.286. The summed E-state index contributed by atoms with van der Waals surface area (Å²) in [5.74, 6) is -1.12. The van der Waals surface area contributed by atoms with Gasteiger partial charge in [-0.1, -0.05) is 24.3 Å². The van der Waals surface area contributed by atoms with Crippen LogP contribution in [0.2, 0.25) is 0 Å². The molecule has 1 aliphatic heterocycles. The van der Waals surface area contributed by atoms with Crippen LogP contribution in [-0.2, 0) is 0 Å². The largest absolute Gasteiger partial charge is 0.496 e. The van der Waals surface area contributed by atoms with Gasteiger partial charge in [0, 0.05) is 19.1 Å². The third kappa shape index (κ3) is 4.14.